The van der Waals surface area contributed by atoms with Gasteiger partial charge in [0.2, 0.25) is 5.91 Å². The molecular weight excluding hydrogens is 391 g/mol. The van der Waals surface area contributed by atoms with Gasteiger partial charge in [0.25, 0.3) is 5.56 Å². The zero-order chi connectivity index (χ0) is 20.5. The zero-order valence-electron chi connectivity index (χ0n) is 15.3. The number of primary amides is 1. The van der Waals surface area contributed by atoms with Crippen molar-refractivity contribution in [1.29, 1.82) is 0 Å². The quantitative estimate of drug-likeness (QED) is 0.524. The van der Waals surface area contributed by atoms with E-state index in [4.69, 9.17) is 5.73 Å². The number of aryl methyl sites for hydroxylation is 1. The summed E-state index contributed by atoms with van der Waals surface area (Å²) in [7, 11) is 0. The number of rotatable bonds is 4. The molecule has 29 heavy (non-hydrogen) atoms. The molecule has 144 valence electrons. The zero-order valence-corrected chi connectivity index (χ0v) is 16.1. The van der Waals surface area contributed by atoms with Crippen LogP contribution >= 0.6 is 11.8 Å². The molecule has 0 saturated heterocycles. The lowest BCUT2D eigenvalue weighted by atomic mass is 10.2. The lowest BCUT2D eigenvalue weighted by Gasteiger charge is -2.12. The number of fused-ring (bicyclic) bond motifs is 1. The number of aromatic nitrogens is 3. The van der Waals surface area contributed by atoms with Crippen LogP contribution in [0.2, 0.25) is 0 Å². The molecule has 0 saturated carbocycles. The van der Waals surface area contributed by atoms with E-state index in [1.807, 2.05) is 6.92 Å². The molecule has 2 aromatic carbocycles. The van der Waals surface area contributed by atoms with E-state index in [9.17, 15) is 14.0 Å². The molecule has 1 amide bonds. The molecular formula is C21H15FN4O2S. The van der Waals surface area contributed by atoms with Crippen molar-refractivity contribution in [3.8, 4) is 5.69 Å². The van der Waals surface area contributed by atoms with Gasteiger partial charge in [0.15, 0.2) is 10.8 Å². The van der Waals surface area contributed by atoms with Gasteiger partial charge in [-0.25, -0.2) is 14.4 Å². The summed E-state index contributed by atoms with van der Waals surface area (Å²) in [4.78, 5) is 33.8. The Bertz CT molecular complexity index is 1290. The second-order valence-corrected chi connectivity index (χ2v) is 7.34. The van der Waals surface area contributed by atoms with Crippen LogP contribution in [-0.2, 0) is 0 Å². The molecule has 2 N–H and O–H groups in total. The van der Waals surface area contributed by atoms with Crippen LogP contribution < -0.4 is 11.3 Å². The summed E-state index contributed by atoms with van der Waals surface area (Å²) < 4.78 is 14.6. The molecule has 0 fully saturated rings. The van der Waals surface area contributed by atoms with Crippen molar-refractivity contribution >= 4 is 28.7 Å². The number of pyridine rings is 1. The molecule has 2 heterocycles. The second kappa shape index (κ2) is 7.48. The predicted octanol–water partition coefficient (Wildman–Crippen LogP) is 3.48. The fraction of sp³-hybridized carbons (Fsp3) is 0.0476. The van der Waals surface area contributed by atoms with Crippen molar-refractivity contribution < 1.29 is 9.18 Å². The molecule has 4 rings (SSSR count). The van der Waals surface area contributed by atoms with Crippen LogP contribution in [-0.4, -0.2) is 20.4 Å². The Balaban J connectivity index is 1.86. The number of nitrogens with two attached hydrogens (primary N) is 1. The van der Waals surface area contributed by atoms with Gasteiger partial charge in [-0.1, -0.05) is 0 Å². The third-order valence-electron chi connectivity index (χ3n) is 4.35. The first-order valence-electron chi connectivity index (χ1n) is 8.66. The highest BCUT2D eigenvalue weighted by molar-refractivity contribution is 7.99. The van der Waals surface area contributed by atoms with Crippen LogP contribution in [0.3, 0.4) is 0 Å². The van der Waals surface area contributed by atoms with Gasteiger partial charge in [0, 0.05) is 21.9 Å². The van der Waals surface area contributed by atoms with Crippen LogP contribution in [0.25, 0.3) is 16.7 Å². The Morgan fingerprint density at radius 2 is 1.69 bits per heavy atom. The number of carbonyl (C=O) groups excluding carboxylic acids is 1. The molecule has 6 nitrogen and oxygen atoms in total. The minimum absolute atomic E-state index is 0.264. The van der Waals surface area contributed by atoms with Crippen molar-refractivity contribution in [2.45, 2.75) is 17.0 Å². The molecule has 0 radical (unpaired) electrons. The summed E-state index contributed by atoms with van der Waals surface area (Å²) in [5.41, 5.74) is 7.09. The van der Waals surface area contributed by atoms with E-state index in [-0.39, 0.29) is 11.4 Å². The largest absolute Gasteiger partial charge is 0.366 e. The van der Waals surface area contributed by atoms with Gasteiger partial charge in [-0.3, -0.25) is 14.2 Å². The summed E-state index contributed by atoms with van der Waals surface area (Å²) in [6.45, 7) is 1.84. The standard InChI is InChI=1S/C21H15FN4O2S/c1-12-17-10-11-18(27)26(15-6-2-13(3-7-15)19(23)28)20(17)25-21(24-12)29-16-8-4-14(22)5-9-16/h2-11H,1H3,(H2,23,28). The van der Waals surface area contributed by atoms with E-state index in [2.05, 4.69) is 9.97 Å². The highest BCUT2D eigenvalue weighted by Crippen LogP contribution is 2.27. The van der Waals surface area contributed by atoms with E-state index in [0.717, 1.165) is 10.3 Å². The van der Waals surface area contributed by atoms with Crippen LogP contribution in [0.1, 0.15) is 16.1 Å². The van der Waals surface area contributed by atoms with E-state index in [0.29, 0.717) is 27.7 Å². The maximum absolute atomic E-state index is 13.2. The SMILES string of the molecule is Cc1nc(Sc2ccc(F)cc2)nc2c1ccc(=O)n2-c1ccc(C(N)=O)cc1. The lowest BCUT2D eigenvalue weighted by molar-refractivity contribution is 0.100. The van der Waals surface area contributed by atoms with Crippen LogP contribution in [0.4, 0.5) is 4.39 Å². The Morgan fingerprint density at radius 3 is 2.34 bits per heavy atom. The van der Waals surface area contributed by atoms with Crippen molar-refractivity contribution in [2.24, 2.45) is 5.73 Å². The van der Waals surface area contributed by atoms with Crippen molar-refractivity contribution in [3.63, 3.8) is 0 Å². The van der Waals surface area contributed by atoms with Crippen LogP contribution in [0.15, 0.2) is 75.5 Å². The molecule has 0 unspecified atom stereocenters. The smallest absolute Gasteiger partial charge is 0.256 e. The fourth-order valence-corrected chi connectivity index (χ4v) is 3.72. The molecule has 2 aromatic heterocycles. The number of carbonyl (C=O) groups is 1. The molecule has 0 atom stereocenters. The van der Waals surface area contributed by atoms with Crippen molar-refractivity contribution in [1.82, 2.24) is 14.5 Å². The third-order valence-corrected chi connectivity index (χ3v) is 5.23. The highest BCUT2D eigenvalue weighted by atomic mass is 32.2. The topological polar surface area (TPSA) is 90.9 Å². The highest BCUT2D eigenvalue weighted by Gasteiger charge is 2.13. The number of hydrogen-bond donors (Lipinski definition) is 1. The molecule has 0 aliphatic heterocycles. The Morgan fingerprint density at radius 1 is 1.00 bits per heavy atom. The summed E-state index contributed by atoms with van der Waals surface area (Å²) in [6.07, 6.45) is 0. The normalized spacial score (nSPS) is 11.0. The minimum Gasteiger partial charge on any atom is -0.366 e. The Kier molecular flexibility index (Phi) is 4.85. The lowest BCUT2D eigenvalue weighted by Crippen LogP contribution is -2.19. The van der Waals surface area contributed by atoms with Gasteiger partial charge in [0.05, 0.1) is 11.4 Å². The molecule has 0 aliphatic carbocycles. The molecule has 4 aromatic rings. The molecule has 0 spiro atoms. The average molecular weight is 406 g/mol. The molecule has 8 heteroatoms. The number of amides is 1. The average Bonchev–Trinajstić information content (AvgIpc) is 2.70. The molecule has 0 aliphatic rings. The van der Waals surface area contributed by atoms with Gasteiger partial charge in [-0.2, -0.15) is 0 Å². The first-order chi connectivity index (χ1) is 13.9. The fourth-order valence-electron chi connectivity index (χ4n) is 2.92. The summed E-state index contributed by atoms with van der Waals surface area (Å²) in [5.74, 6) is -0.865. The number of hydrogen-bond acceptors (Lipinski definition) is 5. The third kappa shape index (κ3) is 3.74. The number of nitrogens with zero attached hydrogens (tertiary/aromatic N) is 3. The van der Waals surface area contributed by atoms with Gasteiger partial charge in [-0.05, 0) is 73.3 Å². The van der Waals surface area contributed by atoms with Crippen LogP contribution in [0, 0.1) is 12.7 Å². The minimum atomic E-state index is -0.544. The van der Waals surface area contributed by atoms with Gasteiger partial charge >= 0.3 is 0 Å². The van der Waals surface area contributed by atoms with Gasteiger partial charge in [-0.15, -0.1) is 0 Å². The van der Waals surface area contributed by atoms with Gasteiger partial charge < -0.3 is 5.73 Å². The van der Waals surface area contributed by atoms with Gasteiger partial charge in [0.1, 0.15) is 5.82 Å². The maximum Gasteiger partial charge on any atom is 0.256 e. The summed E-state index contributed by atoms with van der Waals surface area (Å²) >= 11 is 1.28. The Labute approximate surface area is 169 Å². The summed E-state index contributed by atoms with van der Waals surface area (Å²) in [6, 6.07) is 15.6. The predicted molar refractivity (Wildman–Crippen MR) is 109 cm³/mol. The Hall–Kier alpha value is -3.52. The maximum atomic E-state index is 13.2. The summed E-state index contributed by atoms with van der Waals surface area (Å²) in [5, 5.41) is 1.17. The van der Waals surface area contributed by atoms with E-state index < -0.39 is 5.91 Å². The van der Waals surface area contributed by atoms with Crippen molar-refractivity contribution in [3.05, 3.63) is 88.1 Å². The number of halogens is 1. The number of benzene rings is 2. The van der Waals surface area contributed by atoms with Crippen LogP contribution in [0.5, 0.6) is 0 Å². The molecule has 0 bridgehead atoms. The van der Waals surface area contributed by atoms with E-state index in [1.165, 1.54) is 34.5 Å². The second-order valence-electron chi connectivity index (χ2n) is 6.30. The monoisotopic (exact) mass is 406 g/mol. The first kappa shape index (κ1) is 18.8. The van der Waals surface area contributed by atoms with E-state index in [1.54, 1.807) is 42.5 Å². The first-order valence-corrected chi connectivity index (χ1v) is 9.48. The van der Waals surface area contributed by atoms with E-state index >= 15 is 0 Å². The van der Waals surface area contributed by atoms with Crippen molar-refractivity contribution in [2.75, 3.05) is 0 Å².